The number of carbonyl (C=O) groups is 1. The fourth-order valence-corrected chi connectivity index (χ4v) is 2.47. The number of benzene rings is 2. The van der Waals surface area contributed by atoms with E-state index < -0.39 is 0 Å². The Balaban J connectivity index is 1.59. The van der Waals surface area contributed by atoms with Crippen LogP contribution >= 0.6 is 0 Å². The molecule has 1 heterocycles. The van der Waals surface area contributed by atoms with Gasteiger partial charge >= 0.3 is 0 Å². The Bertz CT molecular complexity index is 664. The van der Waals surface area contributed by atoms with Gasteiger partial charge in [-0.1, -0.05) is 42.0 Å². The highest BCUT2D eigenvalue weighted by atomic mass is 16.2. The van der Waals surface area contributed by atoms with Crippen molar-refractivity contribution in [2.45, 2.75) is 13.5 Å². The Morgan fingerprint density at radius 2 is 1.64 bits per heavy atom. The number of amides is 1. The van der Waals surface area contributed by atoms with Gasteiger partial charge in [-0.25, -0.2) is 0 Å². The Labute approximate surface area is 131 Å². The lowest BCUT2D eigenvalue weighted by Gasteiger charge is -2.15. The molecule has 1 aliphatic heterocycles. The number of rotatable bonds is 4. The van der Waals surface area contributed by atoms with Gasteiger partial charge in [-0.05, 0) is 36.8 Å². The average Bonchev–Trinajstić information content (AvgIpc) is 3.09. The summed E-state index contributed by atoms with van der Waals surface area (Å²) in [7, 11) is 0. The van der Waals surface area contributed by atoms with E-state index >= 15 is 0 Å². The second-order valence-corrected chi connectivity index (χ2v) is 5.60. The molecule has 0 bridgehead atoms. The van der Waals surface area contributed by atoms with Crippen LogP contribution in [0.4, 0.5) is 5.69 Å². The lowest BCUT2D eigenvalue weighted by atomic mass is 10.1. The molecule has 2 aromatic rings. The second-order valence-electron chi connectivity index (χ2n) is 5.60. The molecule has 1 aliphatic rings. The number of hydrogen-bond acceptors (Lipinski definition) is 2. The summed E-state index contributed by atoms with van der Waals surface area (Å²) in [5.41, 5.74) is 4.28. The summed E-state index contributed by atoms with van der Waals surface area (Å²) in [6.45, 7) is 4.27. The topological polar surface area (TPSA) is 32.3 Å². The Morgan fingerprint density at radius 1 is 1.00 bits per heavy atom. The monoisotopic (exact) mass is 292 g/mol. The summed E-state index contributed by atoms with van der Waals surface area (Å²) in [5, 5.41) is 3.39. The van der Waals surface area contributed by atoms with Gasteiger partial charge in [0.15, 0.2) is 0 Å². The number of aryl methyl sites for hydroxylation is 1. The second kappa shape index (κ2) is 6.48. The molecule has 22 heavy (non-hydrogen) atoms. The molecule has 1 amide bonds. The summed E-state index contributed by atoms with van der Waals surface area (Å²) in [6, 6.07) is 16.2. The van der Waals surface area contributed by atoms with E-state index in [1.165, 1.54) is 5.56 Å². The van der Waals surface area contributed by atoms with Gasteiger partial charge in [0.05, 0.1) is 0 Å². The van der Waals surface area contributed by atoms with Crippen LogP contribution in [0.3, 0.4) is 0 Å². The third kappa shape index (κ3) is 3.37. The van der Waals surface area contributed by atoms with Gasteiger partial charge in [-0.3, -0.25) is 4.79 Å². The summed E-state index contributed by atoms with van der Waals surface area (Å²) in [4.78, 5) is 14.1. The summed E-state index contributed by atoms with van der Waals surface area (Å²) < 4.78 is 0. The van der Waals surface area contributed by atoms with E-state index in [4.69, 9.17) is 0 Å². The zero-order chi connectivity index (χ0) is 15.4. The SMILES string of the molecule is Cc1ccc(NCc2ccc(C(=O)N3CC=CC3)cc2)cc1. The van der Waals surface area contributed by atoms with Crippen molar-refractivity contribution in [1.82, 2.24) is 4.90 Å². The normalized spacial score (nSPS) is 13.4. The van der Waals surface area contributed by atoms with Crippen molar-refractivity contribution < 1.29 is 4.79 Å². The van der Waals surface area contributed by atoms with E-state index in [2.05, 4.69) is 36.5 Å². The van der Waals surface area contributed by atoms with Crippen LogP contribution in [0.5, 0.6) is 0 Å². The molecule has 0 aliphatic carbocycles. The smallest absolute Gasteiger partial charge is 0.254 e. The predicted molar refractivity (Wildman–Crippen MR) is 90.0 cm³/mol. The van der Waals surface area contributed by atoms with Crippen LogP contribution in [-0.2, 0) is 6.54 Å². The van der Waals surface area contributed by atoms with Crippen LogP contribution < -0.4 is 5.32 Å². The van der Waals surface area contributed by atoms with Crippen molar-refractivity contribution in [2.24, 2.45) is 0 Å². The van der Waals surface area contributed by atoms with Crippen molar-refractivity contribution in [1.29, 1.82) is 0 Å². The molecule has 112 valence electrons. The molecule has 2 aromatic carbocycles. The average molecular weight is 292 g/mol. The van der Waals surface area contributed by atoms with Crippen LogP contribution in [0.1, 0.15) is 21.5 Å². The van der Waals surface area contributed by atoms with Gasteiger partial charge in [0.25, 0.3) is 5.91 Å². The van der Waals surface area contributed by atoms with Gasteiger partial charge in [-0.2, -0.15) is 0 Å². The zero-order valence-corrected chi connectivity index (χ0v) is 12.8. The van der Waals surface area contributed by atoms with Gasteiger partial charge in [0.1, 0.15) is 0 Å². The number of carbonyl (C=O) groups excluding carboxylic acids is 1. The van der Waals surface area contributed by atoms with E-state index in [1.807, 2.05) is 41.3 Å². The Kier molecular flexibility index (Phi) is 4.24. The summed E-state index contributed by atoms with van der Waals surface area (Å²) in [6.07, 6.45) is 4.05. The Hall–Kier alpha value is -2.55. The highest BCUT2D eigenvalue weighted by Gasteiger charge is 2.15. The highest BCUT2D eigenvalue weighted by molar-refractivity contribution is 5.94. The first-order chi connectivity index (χ1) is 10.7. The molecule has 1 N–H and O–H groups in total. The third-order valence-corrected chi connectivity index (χ3v) is 3.85. The maximum atomic E-state index is 12.2. The first kappa shape index (κ1) is 14.4. The quantitative estimate of drug-likeness (QED) is 0.873. The van der Waals surface area contributed by atoms with Gasteiger partial charge in [0, 0.05) is 30.9 Å². The minimum Gasteiger partial charge on any atom is -0.381 e. The van der Waals surface area contributed by atoms with Gasteiger partial charge in [-0.15, -0.1) is 0 Å². The van der Waals surface area contributed by atoms with E-state index in [0.717, 1.165) is 36.4 Å². The van der Waals surface area contributed by atoms with Crippen molar-refractivity contribution in [3.63, 3.8) is 0 Å². The molecule has 0 aromatic heterocycles. The molecule has 3 nitrogen and oxygen atoms in total. The lowest BCUT2D eigenvalue weighted by Crippen LogP contribution is -2.28. The van der Waals surface area contributed by atoms with E-state index in [9.17, 15) is 4.79 Å². The van der Waals surface area contributed by atoms with E-state index in [-0.39, 0.29) is 5.91 Å². The molecular weight excluding hydrogens is 272 g/mol. The first-order valence-electron chi connectivity index (χ1n) is 7.56. The largest absolute Gasteiger partial charge is 0.381 e. The minimum atomic E-state index is 0.100. The molecule has 0 saturated heterocycles. The van der Waals surface area contributed by atoms with Crippen LogP contribution in [0.2, 0.25) is 0 Å². The molecule has 0 unspecified atom stereocenters. The van der Waals surface area contributed by atoms with Crippen LogP contribution in [0.15, 0.2) is 60.7 Å². The van der Waals surface area contributed by atoms with E-state index in [1.54, 1.807) is 0 Å². The number of nitrogens with zero attached hydrogens (tertiary/aromatic N) is 1. The molecule has 0 spiro atoms. The van der Waals surface area contributed by atoms with Crippen molar-refractivity contribution in [3.8, 4) is 0 Å². The predicted octanol–water partition coefficient (Wildman–Crippen LogP) is 3.62. The molecule has 3 heteroatoms. The van der Waals surface area contributed by atoms with Crippen LogP contribution in [0.25, 0.3) is 0 Å². The zero-order valence-electron chi connectivity index (χ0n) is 12.8. The van der Waals surface area contributed by atoms with Crippen LogP contribution in [0, 0.1) is 6.92 Å². The Morgan fingerprint density at radius 3 is 2.27 bits per heavy atom. The molecule has 0 radical (unpaired) electrons. The highest BCUT2D eigenvalue weighted by Crippen LogP contribution is 2.13. The maximum absolute atomic E-state index is 12.2. The third-order valence-electron chi connectivity index (χ3n) is 3.85. The van der Waals surface area contributed by atoms with Gasteiger partial charge in [0.2, 0.25) is 0 Å². The summed E-state index contributed by atoms with van der Waals surface area (Å²) in [5.74, 6) is 0.100. The number of nitrogens with one attached hydrogen (secondary N) is 1. The standard InChI is InChI=1S/C19H20N2O/c1-15-4-10-18(11-5-15)20-14-16-6-8-17(9-7-16)19(22)21-12-2-3-13-21/h2-11,20H,12-14H2,1H3. The summed E-state index contributed by atoms with van der Waals surface area (Å²) >= 11 is 0. The fraction of sp³-hybridized carbons (Fsp3) is 0.211. The van der Waals surface area contributed by atoms with E-state index in [0.29, 0.717) is 0 Å². The molecule has 0 atom stereocenters. The fourth-order valence-electron chi connectivity index (χ4n) is 2.47. The molecule has 0 saturated carbocycles. The molecule has 3 rings (SSSR count). The lowest BCUT2D eigenvalue weighted by molar-refractivity contribution is 0.0800. The van der Waals surface area contributed by atoms with Crippen molar-refractivity contribution in [2.75, 3.05) is 18.4 Å². The van der Waals surface area contributed by atoms with Crippen LogP contribution in [-0.4, -0.2) is 23.9 Å². The first-order valence-corrected chi connectivity index (χ1v) is 7.56. The number of anilines is 1. The molecule has 0 fully saturated rings. The molecular formula is C19H20N2O. The van der Waals surface area contributed by atoms with Crippen molar-refractivity contribution >= 4 is 11.6 Å². The van der Waals surface area contributed by atoms with Crippen molar-refractivity contribution in [3.05, 3.63) is 77.4 Å². The maximum Gasteiger partial charge on any atom is 0.254 e. The number of hydrogen-bond donors (Lipinski definition) is 1. The van der Waals surface area contributed by atoms with Gasteiger partial charge < -0.3 is 10.2 Å². The minimum absolute atomic E-state index is 0.100.